The van der Waals surface area contributed by atoms with Gasteiger partial charge in [-0.1, -0.05) is 0 Å². The molecule has 0 spiro atoms. The second-order valence-electron chi connectivity index (χ2n) is 3.00. The summed E-state index contributed by atoms with van der Waals surface area (Å²) in [6.07, 6.45) is 1.66. The van der Waals surface area contributed by atoms with Crippen molar-refractivity contribution in [3.8, 4) is 6.07 Å². The van der Waals surface area contributed by atoms with Crippen LogP contribution in [0, 0.1) is 11.3 Å². The first-order valence-electron chi connectivity index (χ1n) is 4.18. The molecule has 1 heterocycles. The average Bonchev–Trinajstić information content (AvgIpc) is 2.55. The predicted octanol–water partition coefficient (Wildman–Crippen LogP) is 0.358. The van der Waals surface area contributed by atoms with Crippen molar-refractivity contribution in [2.24, 2.45) is 0 Å². The lowest BCUT2D eigenvalue weighted by Crippen LogP contribution is -2.44. The first-order chi connectivity index (χ1) is 5.83. The Bertz CT molecular complexity index is 172. The summed E-state index contributed by atoms with van der Waals surface area (Å²) in [5.41, 5.74) is -0.306. The van der Waals surface area contributed by atoms with Crippen LogP contribution in [0.15, 0.2) is 0 Å². The van der Waals surface area contributed by atoms with Crippen LogP contribution >= 0.6 is 11.8 Å². The number of nitrogens with zero attached hydrogens (tertiary/aromatic N) is 1. The lowest BCUT2D eigenvalue weighted by Gasteiger charge is -2.20. The van der Waals surface area contributed by atoms with E-state index in [2.05, 4.69) is 11.4 Å². The zero-order valence-electron chi connectivity index (χ0n) is 7.05. The highest BCUT2D eigenvalue weighted by atomic mass is 32.2. The molecule has 3 nitrogen and oxygen atoms in total. The zero-order chi connectivity index (χ0) is 8.86. The Labute approximate surface area is 77.1 Å². The van der Waals surface area contributed by atoms with Crippen LogP contribution in [0.4, 0.5) is 0 Å². The molecule has 1 rings (SSSR count). The van der Waals surface area contributed by atoms with Crippen molar-refractivity contribution in [3.63, 3.8) is 0 Å². The smallest absolute Gasteiger partial charge is 0.116 e. The summed E-state index contributed by atoms with van der Waals surface area (Å²) < 4.78 is 0. The van der Waals surface area contributed by atoms with Crippen LogP contribution in [-0.2, 0) is 0 Å². The van der Waals surface area contributed by atoms with Gasteiger partial charge in [0.2, 0.25) is 0 Å². The van der Waals surface area contributed by atoms with Gasteiger partial charge in [0.1, 0.15) is 5.54 Å². The van der Waals surface area contributed by atoms with Crippen molar-refractivity contribution >= 4 is 11.8 Å². The minimum Gasteiger partial charge on any atom is -0.396 e. The van der Waals surface area contributed by atoms with Gasteiger partial charge in [-0.2, -0.15) is 17.0 Å². The molecule has 0 aliphatic carbocycles. The predicted molar refractivity (Wildman–Crippen MR) is 50.0 cm³/mol. The molecule has 1 aliphatic heterocycles. The zero-order valence-corrected chi connectivity index (χ0v) is 7.86. The number of hydrogen-bond acceptors (Lipinski definition) is 4. The third-order valence-electron chi connectivity index (χ3n) is 2.03. The van der Waals surface area contributed by atoms with E-state index in [9.17, 15) is 0 Å². The molecule has 68 valence electrons. The van der Waals surface area contributed by atoms with Gasteiger partial charge in [0, 0.05) is 12.4 Å². The van der Waals surface area contributed by atoms with E-state index in [1.54, 1.807) is 0 Å². The van der Waals surface area contributed by atoms with E-state index in [-0.39, 0.29) is 12.1 Å². The molecule has 0 saturated carbocycles. The minimum atomic E-state index is -0.306. The van der Waals surface area contributed by atoms with Crippen molar-refractivity contribution in [1.82, 2.24) is 5.32 Å². The normalized spacial score (nSPS) is 28.7. The molecule has 12 heavy (non-hydrogen) atoms. The second-order valence-corrected chi connectivity index (χ2v) is 4.11. The Kier molecular flexibility index (Phi) is 3.86. The van der Waals surface area contributed by atoms with E-state index in [4.69, 9.17) is 10.4 Å². The summed E-state index contributed by atoms with van der Waals surface area (Å²) in [7, 11) is 0. The molecule has 0 radical (unpaired) electrons. The number of hydrogen-bond donors (Lipinski definition) is 2. The maximum absolute atomic E-state index is 8.93. The van der Waals surface area contributed by atoms with Gasteiger partial charge in [-0.3, -0.25) is 5.32 Å². The van der Waals surface area contributed by atoms with E-state index in [0.717, 1.165) is 30.9 Å². The summed E-state index contributed by atoms with van der Waals surface area (Å²) in [6.45, 7) is 0.937. The summed E-state index contributed by atoms with van der Waals surface area (Å²) in [6, 6.07) is 2.32. The molecule has 0 bridgehead atoms. The number of aliphatic hydroxyl groups excluding tert-OH is 1. The topological polar surface area (TPSA) is 56.0 Å². The first-order valence-corrected chi connectivity index (χ1v) is 5.33. The van der Waals surface area contributed by atoms with Crippen LogP contribution in [-0.4, -0.2) is 35.3 Å². The van der Waals surface area contributed by atoms with Crippen molar-refractivity contribution in [2.75, 3.05) is 24.7 Å². The lowest BCUT2D eigenvalue weighted by atomic mass is 10.0. The Hall–Kier alpha value is -0.240. The third-order valence-corrected chi connectivity index (χ3v) is 3.22. The van der Waals surface area contributed by atoms with Gasteiger partial charge in [-0.05, 0) is 25.1 Å². The summed E-state index contributed by atoms with van der Waals surface area (Å²) in [5, 5.41) is 20.7. The summed E-state index contributed by atoms with van der Waals surface area (Å²) in [4.78, 5) is 0. The molecule has 1 saturated heterocycles. The molecule has 2 N–H and O–H groups in total. The molecule has 1 atom stereocenters. The molecular weight excluding hydrogens is 172 g/mol. The SMILES string of the molecule is N#CC1(NCCCO)CCSC1. The third kappa shape index (κ3) is 2.37. The van der Waals surface area contributed by atoms with Crippen LogP contribution < -0.4 is 5.32 Å². The van der Waals surface area contributed by atoms with Crippen LogP contribution in [0.3, 0.4) is 0 Å². The largest absolute Gasteiger partial charge is 0.396 e. The summed E-state index contributed by atoms with van der Waals surface area (Å²) in [5.74, 6) is 1.95. The van der Waals surface area contributed by atoms with Crippen LogP contribution in [0.1, 0.15) is 12.8 Å². The highest BCUT2D eigenvalue weighted by molar-refractivity contribution is 7.99. The van der Waals surface area contributed by atoms with E-state index in [1.807, 2.05) is 11.8 Å². The maximum atomic E-state index is 8.93. The molecule has 0 amide bonds. The molecule has 0 aromatic carbocycles. The first kappa shape index (κ1) is 9.85. The maximum Gasteiger partial charge on any atom is 0.116 e. The van der Waals surface area contributed by atoms with Gasteiger partial charge < -0.3 is 5.11 Å². The van der Waals surface area contributed by atoms with Crippen molar-refractivity contribution < 1.29 is 5.11 Å². The Balaban J connectivity index is 2.30. The minimum absolute atomic E-state index is 0.196. The fraction of sp³-hybridized carbons (Fsp3) is 0.875. The van der Waals surface area contributed by atoms with E-state index >= 15 is 0 Å². The second kappa shape index (κ2) is 4.70. The molecular formula is C8H14N2OS. The van der Waals surface area contributed by atoms with E-state index in [1.165, 1.54) is 0 Å². The highest BCUT2D eigenvalue weighted by Gasteiger charge is 2.33. The summed E-state index contributed by atoms with van der Waals surface area (Å²) >= 11 is 1.82. The number of nitrogens with one attached hydrogen (secondary N) is 1. The monoisotopic (exact) mass is 186 g/mol. The molecule has 0 aromatic heterocycles. The van der Waals surface area contributed by atoms with E-state index < -0.39 is 0 Å². The number of aliphatic hydroxyl groups is 1. The van der Waals surface area contributed by atoms with Crippen molar-refractivity contribution in [1.29, 1.82) is 5.26 Å². The van der Waals surface area contributed by atoms with Crippen molar-refractivity contribution in [3.05, 3.63) is 0 Å². The highest BCUT2D eigenvalue weighted by Crippen LogP contribution is 2.26. The Morgan fingerprint density at radius 3 is 3.00 bits per heavy atom. The fourth-order valence-electron chi connectivity index (χ4n) is 1.24. The van der Waals surface area contributed by atoms with Crippen molar-refractivity contribution in [2.45, 2.75) is 18.4 Å². The van der Waals surface area contributed by atoms with E-state index in [0.29, 0.717) is 0 Å². The average molecular weight is 186 g/mol. The lowest BCUT2D eigenvalue weighted by molar-refractivity contribution is 0.280. The molecule has 4 heteroatoms. The van der Waals surface area contributed by atoms with Gasteiger partial charge >= 0.3 is 0 Å². The number of thioether (sulfide) groups is 1. The standard InChI is InChI=1S/C8H14N2OS/c9-6-8(2-5-12-7-8)10-3-1-4-11/h10-11H,1-5,7H2. The van der Waals surface area contributed by atoms with Gasteiger partial charge in [-0.15, -0.1) is 0 Å². The molecule has 1 fully saturated rings. The van der Waals surface area contributed by atoms with Crippen LogP contribution in [0.25, 0.3) is 0 Å². The van der Waals surface area contributed by atoms with Gasteiger partial charge in [0.05, 0.1) is 6.07 Å². The number of nitriles is 1. The number of rotatable bonds is 4. The molecule has 1 unspecified atom stereocenters. The quantitative estimate of drug-likeness (QED) is 0.622. The van der Waals surface area contributed by atoms with Gasteiger partial charge in [-0.25, -0.2) is 0 Å². The fourth-order valence-corrected chi connectivity index (χ4v) is 2.54. The van der Waals surface area contributed by atoms with Crippen LogP contribution in [0.2, 0.25) is 0 Å². The Morgan fingerprint density at radius 2 is 2.50 bits per heavy atom. The van der Waals surface area contributed by atoms with Crippen LogP contribution in [0.5, 0.6) is 0 Å². The van der Waals surface area contributed by atoms with Gasteiger partial charge in [0.25, 0.3) is 0 Å². The molecule has 0 aromatic rings. The molecule has 1 aliphatic rings. The Morgan fingerprint density at radius 1 is 1.67 bits per heavy atom. The van der Waals surface area contributed by atoms with Gasteiger partial charge in [0.15, 0.2) is 0 Å².